The van der Waals surface area contributed by atoms with Crippen LogP contribution >= 0.6 is 12.2 Å². The summed E-state index contributed by atoms with van der Waals surface area (Å²) in [6.07, 6.45) is 0. The lowest BCUT2D eigenvalue weighted by Gasteiger charge is -2.29. The van der Waals surface area contributed by atoms with Crippen molar-refractivity contribution in [2.24, 2.45) is 0 Å². The molecule has 1 aliphatic heterocycles. The zero-order valence-electron chi connectivity index (χ0n) is 10.1. The molecule has 0 radical (unpaired) electrons. The molecule has 96 valence electrons. The number of benzene rings is 1. The van der Waals surface area contributed by atoms with Gasteiger partial charge in [0, 0.05) is 18.8 Å². The average molecular weight is 265 g/mol. The first-order valence-corrected chi connectivity index (χ1v) is 6.06. The van der Waals surface area contributed by atoms with Crippen LogP contribution in [0.1, 0.15) is 0 Å². The highest BCUT2D eigenvalue weighted by Crippen LogP contribution is 2.15. The summed E-state index contributed by atoms with van der Waals surface area (Å²) in [4.78, 5) is 13.1. The second-order valence-corrected chi connectivity index (χ2v) is 4.32. The number of piperazine rings is 1. The number of ether oxygens (including phenoxy) is 1. The fraction of sp³-hybridized carbons (Fsp3) is 0.333. The van der Waals surface area contributed by atoms with E-state index in [4.69, 9.17) is 17.0 Å². The Morgan fingerprint density at radius 1 is 1.44 bits per heavy atom. The number of nitrogens with zero attached hydrogens (tertiary/aromatic N) is 1. The molecule has 5 nitrogen and oxygen atoms in total. The van der Waals surface area contributed by atoms with Crippen LogP contribution in [0, 0.1) is 0 Å². The predicted molar refractivity (Wildman–Crippen MR) is 73.8 cm³/mol. The van der Waals surface area contributed by atoms with Gasteiger partial charge in [-0.25, -0.2) is 0 Å². The Bertz CT molecular complexity index is 447. The van der Waals surface area contributed by atoms with Gasteiger partial charge in [-0.05, 0) is 36.5 Å². The standard InChI is InChI=1S/C12H15N3O2S/c1-17-10-4-2-9(3-5-10)14-12(18)15-7-6-13-11(16)8-15/h2-5H,6-8H2,1H3,(H,13,16)(H,14,18). The number of carbonyl (C=O) groups excluding carboxylic acids is 1. The van der Waals surface area contributed by atoms with Crippen molar-refractivity contribution in [3.05, 3.63) is 24.3 Å². The molecule has 1 aliphatic rings. The molecule has 0 aliphatic carbocycles. The molecule has 0 bridgehead atoms. The first kappa shape index (κ1) is 12.6. The summed E-state index contributed by atoms with van der Waals surface area (Å²) in [5, 5.41) is 6.43. The minimum Gasteiger partial charge on any atom is -0.497 e. The van der Waals surface area contributed by atoms with Crippen molar-refractivity contribution in [2.75, 3.05) is 32.1 Å². The van der Waals surface area contributed by atoms with Gasteiger partial charge in [-0.15, -0.1) is 0 Å². The summed E-state index contributed by atoms with van der Waals surface area (Å²) in [5.41, 5.74) is 0.881. The van der Waals surface area contributed by atoms with E-state index in [1.54, 1.807) is 7.11 Å². The number of anilines is 1. The lowest BCUT2D eigenvalue weighted by Crippen LogP contribution is -2.51. The lowest BCUT2D eigenvalue weighted by molar-refractivity contribution is -0.122. The number of methoxy groups -OCH3 is 1. The van der Waals surface area contributed by atoms with Crippen LogP contribution in [0.5, 0.6) is 5.75 Å². The zero-order chi connectivity index (χ0) is 13.0. The second kappa shape index (κ2) is 5.68. The van der Waals surface area contributed by atoms with Gasteiger partial charge in [0.25, 0.3) is 0 Å². The van der Waals surface area contributed by atoms with E-state index >= 15 is 0 Å². The number of amides is 1. The van der Waals surface area contributed by atoms with Gasteiger partial charge in [0.05, 0.1) is 13.7 Å². The third-order valence-electron chi connectivity index (χ3n) is 2.67. The van der Waals surface area contributed by atoms with Crippen molar-refractivity contribution in [1.82, 2.24) is 10.2 Å². The van der Waals surface area contributed by atoms with Gasteiger partial charge in [0.1, 0.15) is 5.75 Å². The molecule has 0 spiro atoms. The van der Waals surface area contributed by atoms with E-state index in [9.17, 15) is 4.79 Å². The van der Waals surface area contributed by atoms with E-state index < -0.39 is 0 Å². The second-order valence-electron chi connectivity index (χ2n) is 3.93. The maximum absolute atomic E-state index is 11.3. The Kier molecular flexibility index (Phi) is 3.99. The van der Waals surface area contributed by atoms with Gasteiger partial charge < -0.3 is 20.3 Å². The van der Waals surface area contributed by atoms with Crippen LogP contribution in [-0.2, 0) is 4.79 Å². The summed E-state index contributed by atoms with van der Waals surface area (Å²) < 4.78 is 5.08. The third kappa shape index (κ3) is 3.10. The number of rotatable bonds is 2. The van der Waals surface area contributed by atoms with E-state index in [0.717, 1.165) is 18.0 Å². The van der Waals surface area contributed by atoms with Crippen LogP contribution in [0.4, 0.5) is 5.69 Å². The molecule has 2 rings (SSSR count). The Balaban J connectivity index is 1.95. The van der Waals surface area contributed by atoms with Crippen LogP contribution in [-0.4, -0.2) is 42.7 Å². The Labute approximate surface area is 111 Å². The molecule has 1 aromatic carbocycles. The summed E-state index contributed by atoms with van der Waals surface area (Å²) in [5.74, 6) is 0.795. The van der Waals surface area contributed by atoms with Crippen molar-refractivity contribution in [2.45, 2.75) is 0 Å². The van der Waals surface area contributed by atoms with E-state index in [1.165, 1.54) is 0 Å². The van der Waals surface area contributed by atoms with E-state index in [2.05, 4.69) is 10.6 Å². The minimum atomic E-state index is 0.000121. The van der Waals surface area contributed by atoms with E-state index in [1.807, 2.05) is 29.2 Å². The smallest absolute Gasteiger partial charge is 0.239 e. The Hall–Kier alpha value is -1.82. The van der Waals surface area contributed by atoms with Gasteiger partial charge in [0.15, 0.2) is 5.11 Å². The van der Waals surface area contributed by atoms with Crippen molar-refractivity contribution >= 4 is 28.9 Å². The van der Waals surface area contributed by atoms with Crippen LogP contribution in [0.3, 0.4) is 0 Å². The topological polar surface area (TPSA) is 53.6 Å². The molecule has 0 saturated carbocycles. The Morgan fingerprint density at radius 3 is 2.78 bits per heavy atom. The molecule has 18 heavy (non-hydrogen) atoms. The SMILES string of the molecule is COc1ccc(NC(=S)N2CCNC(=O)C2)cc1. The number of hydrogen-bond donors (Lipinski definition) is 2. The number of thiocarbonyl (C=S) groups is 1. The maximum atomic E-state index is 11.3. The van der Waals surface area contributed by atoms with Gasteiger partial charge >= 0.3 is 0 Å². The van der Waals surface area contributed by atoms with Crippen LogP contribution in [0.25, 0.3) is 0 Å². The summed E-state index contributed by atoms with van der Waals surface area (Å²) in [7, 11) is 1.62. The van der Waals surface area contributed by atoms with E-state index in [-0.39, 0.29) is 5.91 Å². The lowest BCUT2D eigenvalue weighted by atomic mass is 10.3. The first-order chi connectivity index (χ1) is 8.69. The molecular formula is C12H15N3O2S. The summed E-state index contributed by atoms with van der Waals surface area (Å²) in [6.45, 7) is 1.67. The molecule has 1 fully saturated rings. The number of nitrogens with one attached hydrogen (secondary N) is 2. The number of hydrogen-bond acceptors (Lipinski definition) is 3. The number of carbonyl (C=O) groups is 1. The molecule has 1 aromatic rings. The predicted octanol–water partition coefficient (Wildman–Crippen LogP) is 0.824. The van der Waals surface area contributed by atoms with Crippen molar-refractivity contribution in [3.8, 4) is 5.75 Å². The third-order valence-corrected chi connectivity index (χ3v) is 3.03. The monoisotopic (exact) mass is 265 g/mol. The van der Waals surface area contributed by atoms with Crippen LogP contribution in [0.2, 0.25) is 0 Å². The van der Waals surface area contributed by atoms with E-state index in [0.29, 0.717) is 18.2 Å². The van der Waals surface area contributed by atoms with Gasteiger partial charge in [-0.1, -0.05) is 0 Å². The molecule has 6 heteroatoms. The first-order valence-electron chi connectivity index (χ1n) is 5.66. The molecule has 1 heterocycles. The average Bonchev–Trinajstić information content (AvgIpc) is 2.39. The highest BCUT2D eigenvalue weighted by molar-refractivity contribution is 7.80. The van der Waals surface area contributed by atoms with Crippen molar-refractivity contribution < 1.29 is 9.53 Å². The van der Waals surface area contributed by atoms with Crippen molar-refractivity contribution in [1.29, 1.82) is 0 Å². The normalized spacial score (nSPS) is 14.9. The molecule has 2 N–H and O–H groups in total. The fourth-order valence-corrected chi connectivity index (χ4v) is 1.96. The Morgan fingerprint density at radius 2 is 2.17 bits per heavy atom. The molecule has 0 atom stereocenters. The van der Waals surface area contributed by atoms with Gasteiger partial charge in [0.2, 0.25) is 5.91 Å². The van der Waals surface area contributed by atoms with Crippen LogP contribution in [0.15, 0.2) is 24.3 Å². The molecule has 1 amide bonds. The molecular weight excluding hydrogens is 250 g/mol. The van der Waals surface area contributed by atoms with Crippen LogP contribution < -0.4 is 15.4 Å². The van der Waals surface area contributed by atoms with Crippen molar-refractivity contribution in [3.63, 3.8) is 0 Å². The van der Waals surface area contributed by atoms with Gasteiger partial charge in [-0.2, -0.15) is 0 Å². The van der Waals surface area contributed by atoms with Gasteiger partial charge in [-0.3, -0.25) is 4.79 Å². The molecule has 0 aromatic heterocycles. The zero-order valence-corrected chi connectivity index (χ0v) is 10.9. The molecule has 0 unspecified atom stereocenters. The largest absolute Gasteiger partial charge is 0.497 e. The summed E-state index contributed by atoms with van der Waals surface area (Å²) in [6, 6.07) is 7.48. The maximum Gasteiger partial charge on any atom is 0.239 e. The summed E-state index contributed by atoms with van der Waals surface area (Å²) >= 11 is 5.27. The quantitative estimate of drug-likeness (QED) is 0.776. The highest BCUT2D eigenvalue weighted by Gasteiger charge is 2.18. The molecule has 1 saturated heterocycles. The fourth-order valence-electron chi connectivity index (χ4n) is 1.69. The minimum absolute atomic E-state index is 0.000121. The highest BCUT2D eigenvalue weighted by atomic mass is 32.1.